The minimum absolute atomic E-state index is 0.0307. The van der Waals surface area contributed by atoms with Crippen LogP contribution in [0.4, 0.5) is 10.5 Å². The summed E-state index contributed by atoms with van der Waals surface area (Å²) in [4.78, 5) is 25.2. The lowest BCUT2D eigenvalue weighted by atomic mass is 10.1. The minimum atomic E-state index is -0.393. The van der Waals surface area contributed by atoms with Gasteiger partial charge in [0.25, 0.3) is 0 Å². The van der Waals surface area contributed by atoms with Gasteiger partial charge in [-0.05, 0) is 49.2 Å². The number of fused-ring (bicyclic) bond motifs is 1. The number of ketones is 1. The van der Waals surface area contributed by atoms with Crippen molar-refractivity contribution >= 4 is 17.6 Å². The molecule has 1 amide bonds. The molecule has 0 aromatic heterocycles. The number of ether oxygens (including phenoxy) is 1. The van der Waals surface area contributed by atoms with Crippen molar-refractivity contribution in [2.75, 3.05) is 11.4 Å². The maximum absolute atomic E-state index is 12.2. The maximum Gasteiger partial charge on any atom is 0.419 e. The third-order valence-corrected chi connectivity index (χ3v) is 3.55. The average molecular weight is 281 g/mol. The number of amides is 1. The molecule has 2 aromatic rings. The first kappa shape index (κ1) is 13.4. The van der Waals surface area contributed by atoms with E-state index in [1.54, 1.807) is 23.1 Å². The molecule has 1 aliphatic heterocycles. The fraction of sp³-hybridized carbons (Fsp3) is 0.176. The van der Waals surface area contributed by atoms with Crippen molar-refractivity contribution in [2.24, 2.45) is 0 Å². The van der Waals surface area contributed by atoms with Crippen LogP contribution in [0, 0.1) is 0 Å². The Morgan fingerprint density at radius 1 is 1.10 bits per heavy atom. The first-order valence-corrected chi connectivity index (χ1v) is 6.83. The number of hydrogen-bond donors (Lipinski definition) is 0. The lowest BCUT2D eigenvalue weighted by molar-refractivity contribution is 0.101. The summed E-state index contributed by atoms with van der Waals surface area (Å²) in [6.07, 6.45) is 0.343. The summed E-state index contributed by atoms with van der Waals surface area (Å²) >= 11 is 0. The minimum Gasteiger partial charge on any atom is -0.410 e. The fourth-order valence-corrected chi connectivity index (χ4v) is 2.45. The van der Waals surface area contributed by atoms with Crippen LogP contribution in [0.3, 0.4) is 0 Å². The largest absolute Gasteiger partial charge is 0.419 e. The van der Waals surface area contributed by atoms with E-state index in [9.17, 15) is 9.59 Å². The van der Waals surface area contributed by atoms with Crippen molar-refractivity contribution in [3.05, 3.63) is 59.7 Å². The lowest BCUT2D eigenvalue weighted by Gasteiger charge is -2.17. The topological polar surface area (TPSA) is 46.6 Å². The van der Waals surface area contributed by atoms with Gasteiger partial charge in [-0.3, -0.25) is 9.69 Å². The van der Waals surface area contributed by atoms with Gasteiger partial charge in [0.1, 0.15) is 5.75 Å². The summed E-state index contributed by atoms with van der Waals surface area (Å²) in [5.41, 5.74) is 2.50. The van der Waals surface area contributed by atoms with Crippen molar-refractivity contribution in [1.29, 1.82) is 0 Å². The average Bonchev–Trinajstić information content (AvgIpc) is 2.91. The zero-order valence-electron chi connectivity index (χ0n) is 11.7. The molecule has 0 saturated carbocycles. The second kappa shape index (κ2) is 5.40. The number of hydrogen-bond acceptors (Lipinski definition) is 3. The molecule has 0 radical (unpaired) electrons. The molecule has 0 spiro atoms. The molecule has 1 heterocycles. The zero-order valence-corrected chi connectivity index (χ0v) is 11.7. The van der Waals surface area contributed by atoms with Gasteiger partial charge < -0.3 is 4.74 Å². The Bertz CT molecular complexity index is 694. The molecule has 0 fully saturated rings. The summed E-state index contributed by atoms with van der Waals surface area (Å²) in [6.45, 7) is 2.11. The molecule has 3 rings (SSSR count). The van der Waals surface area contributed by atoms with E-state index in [1.807, 2.05) is 30.3 Å². The number of benzene rings is 2. The van der Waals surface area contributed by atoms with Gasteiger partial charge in [0.05, 0.1) is 5.69 Å². The smallest absolute Gasteiger partial charge is 0.410 e. The standard InChI is InChI=1S/C17H15NO3/c1-12(19)13-7-8-16-14(11-13)9-10-18(16)17(20)21-15-5-3-2-4-6-15/h2-8,11H,9-10H2,1H3. The van der Waals surface area contributed by atoms with E-state index in [0.717, 1.165) is 17.7 Å². The van der Waals surface area contributed by atoms with Crippen LogP contribution >= 0.6 is 0 Å². The summed E-state index contributed by atoms with van der Waals surface area (Å²) in [7, 11) is 0. The van der Waals surface area contributed by atoms with Crippen LogP contribution in [0.5, 0.6) is 5.75 Å². The molecule has 2 aromatic carbocycles. The molecule has 0 aliphatic carbocycles. The quantitative estimate of drug-likeness (QED) is 0.792. The SMILES string of the molecule is CC(=O)c1ccc2c(c1)CCN2C(=O)Oc1ccccc1. The molecule has 1 aliphatic rings. The number of carbonyl (C=O) groups is 2. The number of rotatable bonds is 2. The number of carbonyl (C=O) groups excluding carboxylic acids is 2. The van der Waals surface area contributed by atoms with E-state index < -0.39 is 6.09 Å². The summed E-state index contributed by atoms with van der Waals surface area (Å²) in [5, 5.41) is 0. The molecule has 0 bridgehead atoms. The monoisotopic (exact) mass is 281 g/mol. The molecule has 0 atom stereocenters. The number of nitrogens with zero attached hydrogens (tertiary/aromatic N) is 1. The van der Waals surface area contributed by atoms with Crippen LogP contribution in [0.25, 0.3) is 0 Å². The van der Waals surface area contributed by atoms with E-state index in [2.05, 4.69) is 0 Å². The normalized spacial score (nSPS) is 12.9. The van der Waals surface area contributed by atoms with E-state index in [-0.39, 0.29) is 5.78 Å². The Morgan fingerprint density at radius 2 is 1.86 bits per heavy atom. The lowest BCUT2D eigenvalue weighted by Crippen LogP contribution is -2.31. The van der Waals surface area contributed by atoms with Crippen molar-refractivity contribution in [2.45, 2.75) is 13.3 Å². The van der Waals surface area contributed by atoms with Crippen LogP contribution in [0.15, 0.2) is 48.5 Å². The van der Waals surface area contributed by atoms with Gasteiger partial charge in [0.2, 0.25) is 0 Å². The highest BCUT2D eigenvalue weighted by molar-refractivity contribution is 5.97. The Labute approximate surface area is 123 Å². The molecule has 0 unspecified atom stereocenters. The highest BCUT2D eigenvalue weighted by Crippen LogP contribution is 2.29. The summed E-state index contributed by atoms with van der Waals surface area (Å²) in [5.74, 6) is 0.555. The summed E-state index contributed by atoms with van der Waals surface area (Å²) in [6, 6.07) is 14.4. The van der Waals surface area contributed by atoms with Crippen molar-refractivity contribution in [3.63, 3.8) is 0 Å². The van der Waals surface area contributed by atoms with Gasteiger partial charge in [-0.2, -0.15) is 0 Å². The van der Waals surface area contributed by atoms with Gasteiger partial charge >= 0.3 is 6.09 Å². The van der Waals surface area contributed by atoms with Crippen molar-refractivity contribution in [1.82, 2.24) is 0 Å². The highest BCUT2D eigenvalue weighted by atomic mass is 16.6. The van der Waals surface area contributed by atoms with E-state index in [4.69, 9.17) is 4.74 Å². The van der Waals surface area contributed by atoms with Crippen LogP contribution in [0.1, 0.15) is 22.8 Å². The first-order valence-electron chi connectivity index (χ1n) is 6.83. The zero-order chi connectivity index (χ0) is 14.8. The van der Waals surface area contributed by atoms with Gasteiger partial charge in [0, 0.05) is 12.1 Å². The third kappa shape index (κ3) is 2.65. The summed E-state index contributed by atoms with van der Waals surface area (Å²) < 4.78 is 5.35. The number of para-hydroxylation sites is 1. The van der Waals surface area contributed by atoms with E-state index >= 15 is 0 Å². The predicted molar refractivity (Wildman–Crippen MR) is 80.0 cm³/mol. The number of anilines is 1. The molecule has 0 N–H and O–H groups in total. The molecule has 0 saturated heterocycles. The molecule has 106 valence electrons. The molecule has 4 nitrogen and oxygen atoms in total. The Hall–Kier alpha value is -2.62. The molecule has 21 heavy (non-hydrogen) atoms. The van der Waals surface area contributed by atoms with E-state index in [1.165, 1.54) is 6.92 Å². The Balaban J connectivity index is 1.81. The van der Waals surface area contributed by atoms with E-state index in [0.29, 0.717) is 17.9 Å². The molecular formula is C17H15NO3. The van der Waals surface area contributed by atoms with Crippen LogP contribution in [0.2, 0.25) is 0 Å². The van der Waals surface area contributed by atoms with Crippen LogP contribution < -0.4 is 9.64 Å². The number of Topliss-reactive ketones (excluding diaryl/α,β-unsaturated/α-hetero) is 1. The maximum atomic E-state index is 12.2. The molecule has 4 heteroatoms. The third-order valence-electron chi connectivity index (χ3n) is 3.55. The van der Waals surface area contributed by atoms with Gasteiger partial charge in [-0.25, -0.2) is 4.79 Å². The molecular weight excluding hydrogens is 266 g/mol. The van der Waals surface area contributed by atoms with Crippen molar-refractivity contribution < 1.29 is 14.3 Å². The Kier molecular flexibility index (Phi) is 3.44. The van der Waals surface area contributed by atoms with Crippen LogP contribution in [-0.2, 0) is 6.42 Å². The van der Waals surface area contributed by atoms with Gasteiger partial charge in [-0.1, -0.05) is 18.2 Å². The van der Waals surface area contributed by atoms with Gasteiger partial charge in [-0.15, -0.1) is 0 Å². The second-order valence-electron chi connectivity index (χ2n) is 4.98. The fourth-order valence-electron chi connectivity index (χ4n) is 2.45. The Morgan fingerprint density at radius 3 is 2.57 bits per heavy atom. The first-order chi connectivity index (χ1) is 10.1. The highest BCUT2D eigenvalue weighted by Gasteiger charge is 2.26. The van der Waals surface area contributed by atoms with Gasteiger partial charge in [0.15, 0.2) is 5.78 Å². The predicted octanol–water partition coefficient (Wildman–Crippen LogP) is 3.45. The second-order valence-corrected chi connectivity index (χ2v) is 4.98. The van der Waals surface area contributed by atoms with Crippen LogP contribution in [-0.4, -0.2) is 18.4 Å². The van der Waals surface area contributed by atoms with Crippen molar-refractivity contribution in [3.8, 4) is 5.75 Å².